The molecular formula is C17H18N4O4S. The molecule has 0 amide bonds. The molecule has 0 fully saturated rings. The maximum absolute atomic E-state index is 11.0. The SMILES string of the molecule is COc1cc(/C=N\NC(=S)Nc2cccc(C)c2C)cc([N+](=O)[O-])c1O. The van der Waals surface area contributed by atoms with Gasteiger partial charge in [-0.2, -0.15) is 5.10 Å². The summed E-state index contributed by atoms with van der Waals surface area (Å²) in [6, 6.07) is 8.42. The van der Waals surface area contributed by atoms with Crippen LogP contribution in [0.4, 0.5) is 11.4 Å². The van der Waals surface area contributed by atoms with Crippen molar-refractivity contribution in [1.82, 2.24) is 5.43 Å². The van der Waals surface area contributed by atoms with Crippen LogP contribution in [0, 0.1) is 24.0 Å². The molecule has 136 valence electrons. The molecule has 0 aliphatic heterocycles. The molecule has 9 heteroatoms. The first-order valence-electron chi connectivity index (χ1n) is 7.55. The Hall–Kier alpha value is -3.20. The van der Waals surface area contributed by atoms with E-state index in [2.05, 4.69) is 15.8 Å². The number of aromatic hydroxyl groups is 1. The summed E-state index contributed by atoms with van der Waals surface area (Å²) in [6.07, 6.45) is 1.34. The molecule has 3 N–H and O–H groups in total. The summed E-state index contributed by atoms with van der Waals surface area (Å²) >= 11 is 5.18. The average Bonchev–Trinajstić information content (AvgIpc) is 2.59. The lowest BCUT2D eigenvalue weighted by atomic mass is 10.1. The average molecular weight is 374 g/mol. The maximum Gasteiger partial charge on any atom is 0.315 e. The summed E-state index contributed by atoms with van der Waals surface area (Å²) in [5.74, 6) is -0.550. The van der Waals surface area contributed by atoms with Crippen molar-refractivity contribution in [2.24, 2.45) is 5.10 Å². The monoisotopic (exact) mass is 374 g/mol. The predicted octanol–water partition coefficient (Wildman–Crippen LogP) is 3.25. The molecule has 0 aliphatic carbocycles. The van der Waals surface area contributed by atoms with E-state index in [1.807, 2.05) is 32.0 Å². The Morgan fingerprint density at radius 3 is 2.77 bits per heavy atom. The Balaban J connectivity index is 2.10. The Bertz CT molecular complexity index is 883. The molecule has 0 aliphatic rings. The second-order valence-corrected chi connectivity index (χ2v) is 5.83. The smallest absolute Gasteiger partial charge is 0.315 e. The number of hydrazone groups is 1. The zero-order valence-corrected chi connectivity index (χ0v) is 15.3. The maximum atomic E-state index is 11.0. The first-order valence-corrected chi connectivity index (χ1v) is 7.96. The van der Waals surface area contributed by atoms with Gasteiger partial charge in [0.1, 0.15) is 0 Å². The lowest BCUT2D eigenvalue weighted by molar-refractivity contribution is -0.386. The molecule has 0 heterocycles. The van der Waals surface area contributed by atoms with Crippen LogP contribution in [-0.4, -0.2) is 28.5 Å². The summed E-state index contributed by atoms with van der Waals surface area (Å²) in [7, 11) is 1.31. The number of hydrogen-bond acceptors (Lipinski definition) is 6. The van der Waals surface area contributed by atoms with Gasteiger partial charge in [-0.3, -0.25) is 15.5 Å². The van der Waals surface area contributed by atoms with Crippen LogP contribution in [0.2, 0.25) is 0 Å². The van der Waals surface area contributed by atoms with Crippen molar-refractivity contribution in [2.75, 3.05) is 12.4 Å². The number of aryl methyl sites for hydroxylation is 1. The van der Waals surface area contributed by atoms with Gasteiger partial charge >= 0.3 is 5.69 Å². The van der Waals surface area contributed by atoms with Gasteiger partial charge in [-0.15, -0.1) is 0 Å². The Morgan fingerprint density at radius 1 is 1.38 bits per heavy atom. The van der Waals surface area contributed by atoms with E-state index >= 15 is 0 Å². The van der Waals surface area contributed by atoms with E-state index in [9.17, 15) is 15.2 Å². The third kappa shape index (κ3) is 4.45. The largest absolute Gasteiger partial charge is 0.500 e. The Kier molecular flexibility index (Phi) is 6.07. The molecule has 0 unspecified atom stereocenters. The fourth-order valence-electron chi connectivity index (χ4n) is 2.19. The molecule has 0 saturated carbocycles. The summed E-state index contributed by atoms with van der Waals surface area (Å²) in [6.45, 7) is 3.98. The molecule has 2 aromatic rings. The van der Waals surface area contributed by atoms with Crippen LogP contribution in [0.15, 0.2) is 35.4 Å². The van der Waals surface area contributed by atoms with Gasteiger partial charge in [-0.1, -0.05) is 12.1 Å². The number of thiocarbonyl (C=S) groups is 1. The highest BCUT2D eigenvalue weighted by atomic mass is 32.1. The second kappa shape index (κ2) is 8.26. The molecule has 2 rings (SSSR count). The van der Waals surface area contributed by atoms with Crippen LogP contribution in [0.1, 0.15) is 16.7 Å². The van der Waals surface area contributed by atoms with Gasteiger partial charge in [0, 0.05) is 17.3 Å². The van der Waals surface area contributed by atoms with Gasteiger partial charge in [-0.05, 0) is 49.3 Å². The van der Waals surface area contributed by atoms with E-state index in [0.29, 0.717) is 5.56 Å². The van der Waals surface area contributed by atoms with Gasteiger partial charge < -0.3 is 15.2 Å². The zero-order valence-electron chi connectivity index (χ0n) is 14.4. The van der Waals surface area contributed by atoms with E-state index < -0.39 is 16.4 Å². The van der Waals surface area contributed by atoms with Crippen molar-refractivity contribution < 1.29 is 14.8 Å². The topological polar surface area (TPSA) is 109 Å². The van der Waals surface area contributed by atoms with E-state index in [1.165, 1.54) is 25.5 Å². The number of benzene rings is 2. The lowest BCUT2D eigenvalue weighted by Gasteiger charge is -2.11. The summed E-state index contributed by atoms with van der Waals surface area (Å²) in [5, 5.41) is 28.0. The van der Waals surface area contributed by atoms with Crippen molar-refractivity contribution in [3.05, 3.63) is 57.1 Å². The number of nitro groups is 1. The highest BCUT2D eigenvalue weighted by molar-refractivity contribution is 7.80. The van der Waals surface area contributed by atoms with Gasteiger partial charge in [0.05, 0.1) is 18.2 Å². The van der Waals surface area contributed by atoms with Crippen LogP contribution in [0.3, 0.4) is 0 Å². The fourth-order valence-corrected chi connectivity index (χ4v) is 2.35. The first-order chi connectivity index (χ1) is 12.3. The highest BCUT2D eigenvalue weighted by Crippen LogP contribution is 2.36. The molecule has 0 saturated heterocycles. The van der Waals surface area contributed by atoms with Crippen molar-refractivity contribution in [3.63, 3.8) is 0 Å². The number of nitrogens with one attached hydrogen (secondary N) is 2. The van der Waals surface area contributed by atoms with Gasteiger partial charge in [0.2, 0.25) is 5.75 Å². The summed E-state index contributed by atoms with van der Waals surface area (Å²) < 4.78 is 4.93. The normalized spacial score (nSPS) is 10.6. The van der Waals surface area contributed by atoms with Gasteiger partial charge in [-0.25, -0.2) is 0 Å². The van der Waals surface area contributed by atoms with Crippen molar-refractivity contribution in [3.8, 4) is 11.5 Å². The van der Waals surface area contributed by atoms with Gasteiger partial charge in [0.15, 0.2) is 10.9 Å². The minimum Gasteiger partial charge on any atom is -0.500 e. The van der Waals surface area contributed by atoms with E-state index in [-0.39, 0.29) is 10.9 Å². The zero-order chi connectivity index (χ0) is 19.3. The van der Waals surface area contributed by atoms with E-state index in [1.54, 1.807) is 0 Å². The lowest BCUT2D eigenvalue weighted by Crippen LogP contribution is -2.24. The number of nitrogens with zero attached hydrogens (tertiary/aromatic N) is 2. The number of hydrogen-bond donors (Lipinski definition) is 3. The number of phenols is 1. The standard InChI is InChI=1S/C17H18N4O4S/c1-10-5-4-6-13(11(10)2)19-17(26)20-18-9-12-7-14(21(23)24)16(22)15(8-12)25-3/h4-9,22H,1-3H3,(H2,19,20,26)/b18-9-. The van der Waals surface area contributed by atoms with Gasteiger partial charge in [0.25, 0.3) is 0 Å². The van der Waals surface area contributed by atoms with Crippen molar-refractivity contribution in [1.29, 1.82) is 0 Å². The fraction of sp³-hybridized carbons (Fsp3) is 0.176. The summed E-state index contributed by atoms with van der Waals surface area (Å²) in [5.41, 5.74) is 5.60. The predicted molar refractivity (Wildman–Crippen MR) is 104 cm³/mol. The van der Waals surface area contributed by atoms with Crippen LogP contribution >= 0.6 is 12.2 Å². The molecule has 2 aromatic carbocycles. The number of methoxy groups -OCH3 is 1. The number of ether oxygens (including phenoxy) is 1. The molecule has 0 atom stereocenters. The second-order valence-electron chi connectivity index (χ2n) is 5.42. The number of anilines is 1. The van der Waals surface area contributed by atoms with Crippen molar-refractivity contribution in [2.45, 2.75) is 13.8 Å². The Morgan fingerprint density at radius 2 is 2.12 bits per heavy atom. The molecule has 0 radical (unpaired) electrons. The minimum absolute atomic E-state index is 0.0169. The van der Waals surface area contributed by atoms with E-state index in [4.69, 9.17) is 17.0 Å². The van der Waals surface area contributed by atoms with Crippen LogP contribution in [0.5, 0.6) is 11.5 Å². The van der Waals surface area contributed by atoms with Crippen LogP contribution in [0.25, 0.3) is 0 Å². The van der Waals surface area contributed by atoms with Crippen LogP contribution < -0.4 is 15.5 Å². The third-order valence-corrected chi connectivity index (χ3v) is 3.92. The summed E-state index contributed by atoms with van der Waals surface area (Å²) in [4.78, 5) is 10.3. The number of nitro benzene ring substituents is 1. The highest BCUT2D eigenvalue weighted by Gasteiger charge is 2.19. The molecular weight excluding hydrogens is 356 g/mol. The Labute approximate surface area is 155 Å². The number of rotatable bonds is 5. The molecule has 26 heavy (non-hydrogen) atoms. The number of phenolic OH excluding ortho intramolecular Hbond substituents is 1. The van der Waals surface area contributed by atoms with Crippen molar-refractivity contribution >= 4 is 34.9 Å². The first kappa shape index (κ1) is 19.1. The molecule has 0 spiro atoms. The molecule has 0 aromatic heterocycles. The third-order valence-electron chi connectivity index (χ3n) is 3.73. The molecule has 8 nitrogen and oxygen atoms in total. The molecule has 0 bridgehead atoms. The van der Waals surface area contributed by atoms with Crippen LogP contribution in [-0.2, 0) is 0 Å². The van der Waals surface area contributed by atoms with E-state index in [0.717, 1.165) is 16.8 Å². The minimum atomic E-state index is -0.699. The quantitative estimate of drug-likeness (QED) is 0.319.